The molecule has 0 spiro atoms. The molecule has 0 unspecified atom stereocenters. The lowest BCUT2D eigenvalue weighted by molar-refractivity contribution is 0.502. The van der Waals surface area contributed by atoms with E-state index in [1.165, 1.54) is 0 Å². The van der Waals surface area contributed by atoms with Crippen LogP contribution in [0.4, 0.5) is 0 Å². The smallest absolute Gasteiger partial charge is 0.0203 e. The molecule has 136 valence electrons. The van der Waals surface area contributed by atoms with Crippen molar-refractivity contribution in [2.45, 2.75) is 97.9 Å². The highest BCUT2D eigenvalue weighted by atomic mass is 14.1. The predicted molar refractivity (Wildman–Crippen MR) is 110 cm³/mol. The second-order valence-electron chi connectivity index (χ2n) is 10.1. The minimum Gasteiger partial charge on any atom is -0.0826 e. The molecule has 0 aliphatic rings. The molecule has 0 aliphatic carbocycles. The normalized spacial score (nSPS) is 13.3. The van der Waals surface area contributed by atoms with Gasteiger partial charge in [0.15, 0.2) is 0 Å². The van der Waals surface area contributed by atoms with Gasteiger partial charge in [-0.15, -0.1) is 0 Å². The molecule has 0 N–H and O–H groups in total. The Morgan fingerprint density at radius 1 is 0.318 bits per heavy atom. The van der Waals surface area contributed by atoms with Gasteiger partial charge in [-0.2, -0.15) is 0 Å². The lowest BCUT2D eigenvalue weighted by atomic mass is 9.89. The van der Waals surface area contributed by atoms with Gasteiger partial charge in [0.2, 0.25) is 0 Å². The summed E-state index contributed by atoms with van der Waals surface area (Å²) in [5, 5.41) is 0. The van der Waals surface area contributed by atoms with E-state index in [1.54, 1.807) is 0 Å². The second-order valence-corrected chi connectivity index (χ2v) is 10.1. The van der Waals surface area contributed by atoms with Crippen molar-refractivity contribution >= 4 is 0 Å². The molecule has 0 aromatic carbocycles. The van der Waals surface area contributed by atoms with Crippen LogP contribution in [0.15, 0.2) is 24.3 Å². The quantitative estimate of drug-likeness (QED) is 0.393. The molecule has 0 heterocycles. The Bertz CT molecular complexity index is 234. The molecular formula is C22H48. The van der Waals surface area contributed by atoms with E-state index in [2.05, 4.69) is 107 Å². The zero-order chi connectivity index (χ0) is 16.8. The first-order valence-corrected chi connectivity index (χ1v) is 7.82. The van der Waals surface area contributed by atoms with E-state index in [0.29, 0.717) is 21.7 Å². The van der Waals surface area contributed by atoms with Gasteiger partial charge in [-0.3, -0.25) is 0 Å². The molecule has 0 fully saturated rings. The van der Waals surface area contributed by atoms with E-state index in [-0.39, 0.29) is 14.9 Å². The maximum Gasteiger partial charge on any atom is -0.0203 e. The van der Waals surface area contributed by atoms with Gasteiger partial charge in [-0.05, 0) is 21.7 Å². The van der Waals surface area contributed by atoms with Crippen molar-refractivity contribution < 1.29 is 0 Å². The van der Waals surface area contributed by atoms with Crippen molar-refractivity contribution in [1.29, 1.82) is 0 Å². The summed E-state index contributed by atoms with van der Waals surface area (Å²) in [6, 6.07) is 0. The molecule has 0 radical (unpaired) electrons. The van der Waals surface area contributed by atoms with Crippen molar-refractivity contribution in [3.05, 3.63) is 24.3 Å². The van der Waals surface area contributed by atoms with Crippen molar-refractivity contribution in [2.24, 2.45) is 21.7 Å². The fraction of sp³-hybridized carbons (Fsp3) is 0.818. The standard InChI is InChI=1S/2C10H20.2CH4/c2*1-9(2,3)7-8-10(4,5)6;;/h2*7-8H,1-6H3;2*1H4/b8-7-;;;. The van der Waals surface area contributed by atoms with Gasteiger partial charge in [0, 0.05) is 0 Å². The monoisotopic (exact) mass is 312 g/mol. The summed E-state index contributed by atoms with van der Waals surface area (Å²) < 4.78 is 0. The Balaban J connectivity index is -0.000000135. The molecule has 22 heavy (non-hydrogen) atoms. The van der Waals surface area contributed by atoms with Gasteiger partial charge in [0.1, 0.15) is 0 Å². The van der Waals surface area contributed by atoms with Crippen molar-refractivity contribution in [1.82, 2.24) is 0 Å². The second kappa shape index (κ2) is 10.3. The maximum atomic E-state index is 2.27. The molecule has 0 aliphatic heterocycles. The number of hydrogen-bond donors (Lipinski definition) is 0. The first-order chi connectivity index (χ1) is 8.41. The molecule has 0 aromatic heterocycles. The van der Waals surface area contributed by atoms with Gasteiger partial charge in [0.25, 0.3) is 0 Å². The van der Waals surface area contributed by atoms with Crippen molar-refractivity contribution in [2.75, 3.05) is 0 Å². The Morgan fingerprint density at radius 2 is 0.409 bits per heavy atom. The summed E-state index contributed by atoms with van der Waals surface area (Å²) in [5.74, 6) is 0. The maximum absolute atomic E-state index is 2.27. The molecule has 0 heteroatoms. The minimum absolute atomic E-state index is 0. The summed E-state index contributed by atoms with van der Waals surface area (Å²) in [6.07, 6.45) is 9.08. The molecule has 0 saturated heterocycles. The van der Waals surface area contributed by atoms with Crippen LogP contribution in [0.5, 0.6) is 0 Å². The summed E-state index contributed by atoms with van der Waals surface area (Å²) in [5.41, 5.74) is 1.31. The molecule has 0 aromatic rings. The molecular weight excluding hydrogens is 264 g/mol. The first kappa shape index (κ1) is 29.5. The topological polar surface area (TPSA) is 0 Å². The van der Waals surface area contributed by atoms with Crippen LogP contribution in [0.1, 0.15) is 97.9 Å². The summed E-state index contributed by atoms with van der Waals surface area (Å²) >= 11 is 0. The van der Waals surface area contributed by atoms with Gasteiger partial charge in [-0.25, -0.2) is 0 Å². The third-order valence-corrected chi connectivity index (χ3v) is 2.17. The predicted octanol–water partition coefficient (Wildman–Crippen LogP) is 8.54. The molecule has 0 nitrogen and oxygen atoms in total. The van der Waals surface area contributed by atoms with Crippen LogP contribution >= 0.6 is 0 Å². The highest BCUT2D eigenvalue weighted by Crippen LogP contribution is 2.22. The first-order valence-electron chi connectivity index (χ1n) is 7.82. The van der Waals surface area contributed by atoms with Crippen LogP contribution in [0.2, 0.25) is 0 Å². The number of allylic oxidation sites excluding steroid dienone is 4. The third kappa shape index (κ3) is 36.6. The van der Waals surface area contributed by atoms with E-state index in [9.17, 15) is 0 Å². The van der Waals surface area contributed by atoms with Crippen LogP contribution in [-0.4, -0.2) is 0 Å². The summed E-state index contributed by atoms with van der Waals surface area (Å²) in [4.78, 5) is 0. The average molecular weight is 313 g/mol. The lowest BCUT2D eigenvalue weighted by Gasteiger charge is -2.17. The minimum atomic E-state index is 0. The zero-order valence-electron chi connectivity index (χ0n) is 16.3. The van der Waals surface area contributed by atoms with E-state index < -0.39 is 0 Å². The lowest BCUT2D eigenvalue weighted by Crippen LogP contribution is -2.04. The fourth-order valence-corrected chi connectivity index (χ4v) is 1.00. The highest BCUT2D eigenvalue weighted by Gasteiger charge is 2.09. The van der Waals surface area contributed by atoms with Crippen molar-refractivity contribution in [3.63, 3.8) is 0 Å². The largest absolute Gasteiger partial charge is 0.0826 e. The summed E-state index contributed by atoms with van der Waals surface area (Å²) in [6.45, 7) is 26.6. The fourth-order valence-electron chi connectivity index (χ4n) is 1.00. The zero-order valence-corrected chi connectivity index (χ0v) is 16.3. The van der Waals surface area contributed by atoms with Crippen LogP contribution in [-0.2, 0) is 0 Å². The molecule has 0 rings (SSSR count). The van der Waals surface area contributed by atoms with Gasteiger partial charge in [-0.1, -0.05) is 122 Å². The van der Waals surface area contributed by atoms with E-state index in [1.807, 2.05) is 0 Å². The molecule has 0 bridgehead atoms. The average Bonchev–Trinajstić information content (AvgIpc) is 2.09. The van der Waals surface area contributed by atoms with Crippen LogP contribution in [0.3, 0.4) is 0 Å². The molecule has 0 saturated carbocycles. The molecule has 0 amide bonds. The Labute approximate surface area is 144 Å². The van der Waals surface area contributed by atoms with Crippen molar-refractivity contribution in [3.8, 4) is 0 Å². The van der Waals surface area contributed by atoms with Crippen LogP contribution in [0, 0.1) is 21.7 Å². The molecule has 0 atom stereocenters. The highest BCUT2D eigenvalue weighted by molar-refractivity contribution is 4.99. The number of rotatable bonds is 0. The van der Waals surface area contributed by atoms with E-state index in [4.69, 9.17) is 0 Å². The Morgan fingerprint density at radius 3 is 0.455 bits per heavy atom. The van der Waals surface area contributed by atoms with Crippen LogP contribution < -0.4 is 0 Å². The SMILES string of the molecule is C.C.CC(C)(C)/C=C\C(C)(C)C.CC(C)(C)C=CC(C)(C)C. The third-order valence-electron chi connectivity index (χ3n) is 2.17. The van der Waals surface area contributed by atoms with E-state index in [0.717, 1.165) is 0 Å². The van der Waals surface area contributed by atoms with Crippen LogP contribution in [0.25, 0.3) is 0 Å². The summed E-state index contributed by atoms with van der Waals surface area (Å²) in [7, 11) is 0. The Hall–Kier alpha value is -0.520. The Kier molecular flexibility index (Phi) is 13.8. The van der Waals surface area contributed by atoms with E-state index >= 15 is 0 Å². The van der Waals surface area contributed by atoms with Gasteiger partial charge >= 0.3 is 0 Å². The van der Waals surface area contributed by atoms with Gasteiger partial charge in [0.05, 0.1) is 0 Å². The number of hydrogen-bond acceptors (Lipinski definition) is 0. The van der Waals surface area contributed by atoms with Gasteiger partial charge < -0.3 is 0 Å².